The van der Waals surface area contributed by atoms with Crippen LogP contribution in [-0.2, 0) is 25.5 Å². The molecule has 5 nitrogen and oxygen atoms in total. The minimum absolute atomic E-state index is 0.0259. The SMILES string of the molecule is C=C(C)c1c(OCC)cc([C@@H](C)C(CCO[C@H](C)C2=CCCC=C2)C(=O)CC2(C(C)=O)CC(OCC)C2)c(C)c1CCC. The van der Waals surface area contributed by atoms with Crippen molar-refractivity contribution in [1.82, 2.24) is 0 Å². The highest BCUT2D eigenvalue weighted by Gasteiger charge is 2.50. The number of rotatable bonds is 18. The predicted molar refractivity (Wildman–Crippen MR) is 177 cm³/mol. The summed E-state index contributed by atoms with van der Waals surface area (Å²) in [5, 5.41) is 0. The second-order valence-corrected chi connectivity index (χ2v) is 12.8. The number of benzene rings is 1. The number of hydrogen-bond donors (Lipinski definition) is 0. The van der Waals surface area contributed by atoms with E-state index in [1.54, 1.807) is 6.92 Å². The van der Waals surface area contributed by atoms with Crippen LogP contribution >= 0.6 is 0 Å². The van der Waals surface area contributed by atoms with Gasteiger partial charge in [0, 0.05) is 36.5 Å². The van der Waals surface area contributed by atoms with Gasteiger partial charge in [0.2, 0.25) is 0 Å². The highest BCUT2D eigenvalue weighted by atomic mass is 16.5. The van der Waals surface area contributed by atoms with Gasteiger partial charge in [-0.2, -0.15) is 0 Å². The minimum Gasteiger partial charge on any atom is -0.493 e. The molecule has 2 aliphatic carbocycles. The Hall–Kier alpha value is -2.50. The fourth-order valence-electron chi connectivity index (χ4n) is 7.10. The van der Waals surface area contributed by atoms with Crippen molar-refractivity contribution in [2.24, 2.45) is 11.3 Å². The van der Waals surface area contributed by atoms with Gasteiger partial charge >= 0.3 is 0 Å². The van der Waals surface area contributed by atoms with Crippen LogP contribution in [-0.4, -0.2) is 43.6 Å². The van der Waals surface area contributed by atoms with Crippen molar-refractivity contribution >= 4 is 17.1 Å². The number of Topliss-reactive ketones (excluding diaryl/α,β-unsaturated/α-hetero) is 2. The molecular formula is C38H56O5. The molecule has 0 N–H and O–H groups in total. The fraction of sp³-hybridized carbons (Fsp3) is 0.632. The predicted octanol–water partition coefficient (Wildman–Crippen LogP) is 8.90. The second-order valence-electron chi connectivity index (χ2n) is 12.8. The van der Waals surface area contributed by atoms with Gasteiger partial charge in [-0.1, -0.05) is 45.1 Å². The first-order valence-corrected chi connectivity index (χ1v) is 16.6. The van der Waals surface area contributed by atoms with E-state index in [1.807, 2.05) is 20.8 Å². The van der Waals surface area contributed by atoms with Gasteiger partial charge in [0.05, 0.1) is 18.8 Å². The highest BCUT2D eigenvalue weighted by Crippen LogP contribution is 2.48. The van der Waals surface area contributed by atoms with Crippen molar-refractivity contribution in [3.8, 4) is 5.75 Å². The molecule has 0 spiro atoms. The van der Waals surface area contributed by atoms with Crippen molar-refractivity contribution in [3.63, 3.8) is 0 Å². The molecule has 3 rings (SSSR count). The van der Waals surface area contributed by atoms with Gasteiger partial charge in [0.15, 0.2) is 0 Å². The quantitative estimate of drug-likeness (QED) is 0.170. The van der Waals surface area contributed by atoms with Crippen LogP contribution in [0.15, 0.2) is 36.4 Å². The Labute approximate surface area is 261 Å². The molecule has 1 saturated carbocycles. The molecule has 5 heteroatoms. The molecule has 0 saturated heterocycles. The molecule has 1 aromatic rings. The Morgan fingerprint density at radius 1 is 1.09 bits per heavy atom. The molecule has 0 aliphatic heterocycles. The van der Waals surface area contributed by atoms with E-state index in [-0.39, 0.29) is 42.0 Å². The molecule has 3 atom stereocenters. The number of hydrogen-bond acceptors (Lipinski definition) is 5. The van der Waals surface area contributed by atoms with Crippen LogP contribution in [0, 0.1) is 18.3 Å². The summed E-state index contributed by atoms with van der Waals surface area (Å²) in [5.41, 5.74) is 6.27. The topological polar surface area (TPSA) is 61.8 Å². The van der Waals surface area contributed by atoms with Gasteiger partial charge in [-0.25, -0.2) is 0 Å². The van der Waals surface area contributed by atoms with Crippen molar-refractivity contribution in [1.29, 1.82) is 0 Å². The zero-order valence-electron chi connectivity index (χ0n) is 28.1. The third-order valence-electron chi connectivity index (χ3n) is 9.64. The Bertz CT molecular complexity index is 1200. The Morgan fingerprint density at radius 3 is 2.37 bits per heavy atom. The van der Waals surface area contributed by atoms with Gasteiger partial charge in [-0.05, 0) is 120 Å². The van der Waals surface area contributed by atoms with Crippen LogP contribution < -0.4 is 4.74 Å². The smallest absolute Gasteiger partial charge is 0.137 e. The molecule has 2 aliphatic rings. The summed E-state index contributed by atoms with van der Waals surface area (Å²) in [7, 11) is 0. The maximum Gasteiger partial charge on any atom is 0.137 e. The van der Waals surface area contributed by atoms with Gasteiger partial charge in [0.1, 0.15) is 17.3 Å². The number of ether oxygens (including phenoxy) is 3. The monoisotopic (exact) mass is 592 g/mol. The van der Waals surface area contributed by atoms with Crippen molar-refractivity contribution < 1.29 is 23.8 Å². The summed E-state index contributed by atoms with van der Waals surface area (Å²) in [6.07, 6.45) is 12.8. The first-order chi connectivity index (χ1) is 20.5. The molecule has 1 aromatic carbocycles. The van der Waals surface area contributed by atoms with E-state index in [2.05, 4.69) is 58.6 Å². The highest BCUT2D eigenvalue weighted by molar-refractivity contribution is 5.92. The lowest BCUT2D eigenvalue weighted by atomic mass is 9.60. The standard InChI is InChI=1S/C38H56O5/c1-10-16-33-27(7)34(21-36(42-12-3)37(33)25(4)5)26(6)32(19-20-43-28(8)30-17-14-13-15-18-30)35(40)24-38(29(9)39)22-31(23-38)41-11-2/h14,17-18,21,26,28,31-32H,4,10-13,15-16,19-20,22-24H2,1-3,5-9H3/t26-,28+,31?,32?,38?/m0/s1. The Balaban J connectivity index is 1.96. The largest absolute Gasteiger partial charge is 0.493 e. The molecule has 43 heavy (non-hydrogen) atoms. The van der Waals surface area contributed by atoms with Crippen LogP contribution in [0.1, 0.15) is 122 Å². The lowest BCUT2D eigenvalue weighted by Crippen LogP contribution is -2.49. The first kappa shape index (κ1) is 35.0. The minimum atomic E-state index is -0.622. The second kappa shape index (κ2) is 16.0. The van der Waals surface area contributed by atoms with E-state index in [0.717, 1.165) is 48.1 Å². The van der Waals surface area contributed by atoms with Crippen molar-refractivity contribution in [2.45, 2.75) is 125 Å². The maximum atomic E-state index is 14.3. The molecular weight excluding hydrogens is 536 g/mol. The van der Waals surface area contributed by atoms with Gasteiger partial charge in [0.25, 0.3) is 0 Å². The molecule has 0 heterocycles. The zero-order chi connectivity index (χ0) is 31.7. The average molecular weight is 593 g/mol. The molecule has 0 bridgehead atoms. The number of carbonyl (C=O) groups is 2. The van der Waals surface area contributed by atoms with Gasteiger partial charge in [-0.3, -0.25) is 9.59 Å². The number of allylic oxidation sites excluding steroid dienone is 3. The Kier molecular flexibility index (Phi) is 13.0. The normalized spacial score (nSPS) is 21.9. The summed E-state index contributed by atoms with van der Waals surface area (Å²) in [5.74, 6) is 0.723. The molecule has 0 aromatic heterocycles. The summed E-state index contributed by atoms with van der Waals surface area (Å²) in [6.45, 7) is 22.2. The number of ketones is 2. The van der Waals surface area contributed by atoms with Crippen LogP contribution in [0.25, 0.3) is 5.57 Å². The molecule has 1 fully saturated rings. The van der Waals surface area contributed by atoms with Crippen LogP contribution in [0.4, 0.5) is 0 Å². The zero-order valence-corrected chi connectivity index (χ0v) is 28.1. The van der Waals surface area contributed by atoms with E-state index in [4.69, 9.17) is 14.2 Å². The van der Waals surface area contributed by atoms with Crippen LogP contribution in [0.5, 0.6) is 5.75 Å². The van der Waals surface area contributed by atoms with Crippen molar-refractivity contribution in [3.05, 3.63) is 58.7 Å². The number of carbonyl (C=O) groups excluding carboxylic acids is 2. The van der Waals surface area contributed by atoms with E-state index in [9.17, 15) is 9.59 Å². The van der Waals surface area contributed by atoms with Gasteiger partial charge in [-0.15, -0.1) is 0 Å². The lowest BCUT2D eigenvalue weighted by molar-refractivity contribution is -0.151. The third kappa shape index (κ3) is 8.36. The first-order valence-electron chi connectivity index (χ1n) is 16.6. The molecule has 0 amide bonds. The molecule has 238 valence electrons. The summed E-state index contributed by atoms with van der Waals surface area (Å²) in [6, 6.07) is 2.14. The third-order valence-corrected chi connectivity index (χ3v) is 9.64. The Morgan fingerprint density at radius 2 is 1.81 bits per heavy atom. The van der Waals surface area contributed by atoms with E-state index in [1.165, 1.54) is 16.7 Å². The van der Waals surface area contributed by atoms with Crippen molar-refractivity contribution in [2.75, 3.05) is 19.8 Å². The summed E-state index contributed by atoms with van der Waals surface area (Å²) in [4.78, 5) is 27.2. The maximum absolute atomic E-state index is 14.3. The summed E-state index contributed by atoms with van der Waals surface area (Å²) >= 11 is 0. The molecule has 0 radical (unpaired) electrons. The van der Waals surface area contributed by atoms with E-state index < -0.39 is 5.41 Å². The van der Waals surface area contributed by atoms with Crippen LogP contribution in [0.2, 0.25) is 0 Å². The van der Waals surface area contributed by atoms with E-state index in [0.29, 0.717) is 39.1 Å². The lowest BCUT2D eigenvalue weighted by Gasteiger charge is -2.46. The average Bonchev–Trinajstić information content (AvgIpc) is 2.95. The summed E-state index contributed by atoms with van der Waals surface area (Å²) < 4.78 is 18.3. The van der Waals surface area contributed by atoms with Crippen LogP contribution in [0.3, 0.4) is 0 Å². The molecule has 1 unspecified atom stereocenters. The fourth-order valence-corrected chi connectivity index (χ4v) is 7.10. The van der Waals surface area contributed by atoms with Gasteiger partial charge < -0.3 is 14.2 Å². The van der Waals surface area contributed by atoms with E-state index >= 15 is 0 Å².